The van der Waals surface area contributed by atoms with E-state index >= 15 is 0 Å². The highest BCUT2D eigenvalue weighted by atomic mass is 35.5. The molecule has 1 amide bonds. The molecule has 0 saturated heterocycles. The van der Waals surface area contributed by atoms with E-state index in [1.54, 1.807) is 4.90 Å². The van der Waals surface area contributed by atoms with Crippen molar-refractivity contribution in [2.75, 3.05) is 13.6 Å². The maximum Gasteiger partial charge on any atom is 0.263 e. The van der Waals surface area contributed by atoms with E-state index in [4.69, 9.17) is 5.73 Å². The molecular weight excluding hydrogens is 320 g/mol. The third-order valence-corrected chi connectivity index (χ3v) is 5.10. The summed E-state index contributed by atoms with van der Waals surface area (Å²) in [4.78, 5) is 16.1. The molecule has 124 valence electrons. The zero-order valence-corrected chi connectivity index (χ0v) is 15.4. The molecule has 1 atom stereocenters. The van der Waals surface area contributed by atoms with E-state index in [1.807, 2.05) is 31.8 Å². The van der Waals surface area contributed by atoms with Crippen molar-refractivity contribution in [1.82, 2.24) is 14.7 Å². The number of aromatic nitrogens is 2. The summed E-state index contributed by atoms with van der Waals surface area (Å²) < 4.78 is 1.83. The minimum Gasteiger partial charge on any atom is -0.341 e. The molecule has 0 aliphatic heterocycles. The number of halogens is 1. The Bertz CT molecular complexity index is 615. The van der Waals surface area contributed by atoms with Gasteiger partial charge in [0.25, 0.3) is 5.91 Å². The maximum absolute atomic E-state index is 12.5. The van der Waals surface area contributed by atoms with Crippen molar-refractivity contribution in [3.05, 3.63) is 16.6 Å². The lowest BCUT2D eigenvalue weighted by Crippen LogP contribution is -2.34. The summed E-state index contributed by atoms with van der Waals surface area (Å²) >= 11 is 1.50. The second-order valence-electron chi connectivity index (χ2n) is 5.96. The number of fused-ring (bicyclic) bond motifs is 1. The van der Waals surface area contributed by atoms with E-state index in [2.05, 4.69) is 18.9 Å². The molecule has 0 fully saturated rings. The van der Waals surface area contributed by atoms with E-state index in [9.17, 15) is 4.79 Å². The molecule has 0 aromatic carbocycles. The highest BCUT2D eigenvalue weighted by Crippen LogP contribution is 2.28. The van der Waals surface area contributed by atoms with Gasteiger partial charge in [-0.2, -0.15) is 5.10 Å². The van der Waals surface area contributed by atoms with E-state index < -0.39 is 0 Å². The maximum atomic E-state index is 12.5. The van der Waals surface area contributed by atoms with Crippen LogP contribution in [0.5, 0.6) is 0 Å². The van der Waals surface area contributed by atoms with Crippen LogP contribution in [-0.2, 0) is 7.05 Å². The molecule has 0 saturated carbocycles. The predicted octanol–water partition coefficient (Wildman–Crippen LogP) is 2.81. The lowest BCUT2D eigenvalue weighted by molar-refractivity contribution is 0.0794. The van der Waals surface area contributed by atoms with E-state index in [1.165, 1.54) is 11.3 Å². The van der Waals surface area contributed by atoms with Crippen LogP contribution in [0, 0.1) is 12.8 Å². The molecule has 0 aliphatic rings. The summed E-state index contributed by atoms with van der Waals surface area (Å²) in [6, 6.07) is 2.08. The van der Waals surface area contributed by atoms with Gasteiger partial charge in [-0.25, -0.2) is 0 Å². The average Bonchev–Trinajstić information content (AvgIpc) is 2.97. The summed E-state index contributed by atoms with van der Waals surface area (Å²) in [6.45, 7) is 6.86. The fraction of sp³-hybridized carbons (Fsp3) is 0.600. The van der Waals surface area contributed by atoms with Crippen LogP contribution in [-0.4, -0.2) is 40.2 Å². The van der Waals surface area contributed by atoms with Crippen molar-refractivity contribution in [3.8, 4) is 0 Å². The normalized spacial score (nSPS) is 12.5. The Morgan fingerprint density at radius 2 is 2.14 bits per heavy atom. The zero-order valence-electron chi connectivity index (χ0n) is 13.8. The van der Waals surface area contributed by atoms with Crippen molar-refractivity contribution in [2.24, 2.45) is 18.7 Å². The standard InChI is InChI=1S/C15H24N4OS.ClH/c1-9(2)12(16)6-7-18(4)14(20)13-8-11-10(3)17-19(5)15(11)21-13;/h8-9,12H,6-7,16H2,1-5H3;1H. The number of hydrogen-bond acceptors (Lipinski definition) is 4. The molecule has 5 nitrogen and oxygen atoms in total. The monoisotopic (exact) mass is 344 g/mol. The van der Waals surface area contributed by atoms with Gasteiger partial charge in [0.05, 0.1) is 10.6 Å². The molecule has 22 heavy (non-hydrogen) atoms. The Morgan fingerprint density at radius 3 is 2.68 bits per heavy atom. The SMILES string of the molecule is Cc1nn(C)c2sc(C(=O)N(C)CCC(N)C(C)C)cc12.Cl. The van der Waals surface area contributed by atoms with Crippen LogP contribution >= 0.6 is 23.7 Å². The van der Waals surface area contributed by atoms with Gasteiger partial charge in [-0.15, -0.1) is 23.7 Å². The third kappa shape index (κ3) is 3.80. The Hall–Kier alpha value is -1.11. The Kier molecular flexibility index (Phi) is 6.40. The van der Waals surface area contributed by atoms with Gasteiger partial charge in [0.2, 0.25) is 0 Å². The van der Waals surface area contributed by atoms with Gasteiger partial charge < -0.3 is 10.6 Å². The van der Waals surface area contributed by atoms with Gasteiger partial charge in [0.15, 0.2) is 0 Å². The zero-order chi connectivity index (χ0) is 15.7. The number of nitrogens with zero attached hydrogens (tertiary/aromatic N) is 3. The lowest BCUT2D eigenvalue weighted by atomic mass is 10.0. The number of carbonyl (C=O) groups excluding carboxylic acids is 1. The predicted molar refractivity (Wildman–Crippen MR) is 95.0 cm³/mol. The van der Waals surface area contributed by atoms with Crippen molar-refractivity contribution in [3.63, 3.8) is 0 Å². The first-order chi connectivity index (χ1) is 9.81. The average molecular weight is 345 g/mol. The Balaban J connectivity index is 0.00000242. The molecule has 2 heterocycles. The van der Waals surface area contributed by atoms with Gasteiger partial charge in [-0.1, -0.05) is 13.8 Å². The smallest absolute Gasteiger partial charge is 0.263 e. The molecule has 0 radical (unpaired) electrons. The lowest BCUT2D eigenvalue weighted by Gasteiger charge is -2.21. The summed E-state index contributed by atoms with van der Waals surface area (Å²) in [7, 11) is 3.75. The second kappa shape index (κ2) is 7.44. The minimum atomic E-state index is 0. The van der Waals surface area contributed by atoms with Gasteiger partial charge >= 0.3 is 0 Å². The Morgan fingerprint density at radius 1 is 1.50 bits per heavy atom. The second-order valence-corrected chi connectivity index (χ2v) is 6.99. The van der Waals surface area contributed by atoms with Gasteiger partial charge in [-0.05, 0) is 25.3 Å². The van der Waals surface area contributed by atoms with Crippen LogP contribution in [0.2, 0.25) is 0 Å². The van der Waals surface area contributed by atoms with Gasteiger partial charge in [0, 0.05) is 32.1 Å². The van der Waals surface area contributed by atoms with E-state index in [0.29, 0.717) is 12.5 Å². The molecule has 2 rings (SSSR count). The molecule has 1 unspecified atom stereocenters. The number of thiophene rings is 1. The van der Waals surface area contributed by atoms with Crippen LogP contribution < -0.4 is 5.73 Å². The van der Waals surface area contributed by atoms with E-state index in [0.717, 1.165) is 27.2 Å². The molecule has 0 bridgehead atoms. The molecule has 7 heteroatoms. The Labute approximate surface area is 141 Å². The van der Waals surface area contributed by atoms with Crippen LogP contribution in [0.1, 0.15) is 35.6 Å². The fourth-order valence-electron chi connectivity index (χ4n) is 2.28. The molecular formula is C15H25ClN4OS. The van der Waals surface area contributed by atoms with Gasteiger partial charge in [-0.3, -0.25) is 9.48 Å². The van der Waals surface area contributed by atoms with Crippen molar-refractivity contribution < 1.29 is 4.79 Å². The minimum absolute atomic E-state index is 0. The van der Waals surface area contributed by atoms with Crippen LogP contribution in [0.25, 0.3) is 10.2 Å². The largest absolute Gasteiger partial charge is 0.341 e. The van der Waals surface area contributed by atoms with Crippen molar-refractivity contribution >= 4 is 39.9 Å². The summed E-state index contributed by atoms with van der Waals surface area (Å²) in [5.41, 5.74) is 7.01. The number of nitrogens with two attached hydrogens (primary N) is 1. The van der Waals surface area contributed by atoms with Crippen LogP contribution in [0.4, 0.5) is 0 Å². The summed E-state index contributed by atoms with van der Waals surface area (Å²) in [6.07, 6.45) is 0.825. The van der Waals surface area contributed by atoms with Crippen molar-refractivity contribution in [2.45, 2.75) is 33.2 Å². The molecule has 0 aliphatic carbocycles. The number of rotatable bonds is 5. The molecule has 0 spiro atoms. The topological polar surface area (TPSA) is 64.2 Å². The van der Waals surface area contributed by atoms with Crippen LogP contribution in [0.15, 0.2) is 6.07 Å². The highest BCUT2D eigenvalue weighted by molar-refractivity contribution is 7.20. The quantitative estimate of drug-likeness (QED) is 0.907. The first-order valence-electron chi connectivity index (χ1n) is 7.25. The van der Waals surface area contributed by atoms with Crippen LogP contribution in [0.3, 0.4) is 0 Å². The third-order valence-electron chi connectivity index (χ3n) is 3.91. The number of hydrogen-bond donors (Lipinski definition) is 1. The highest BCUT2D eigenvalue weighted by Gasteiger charge is 2.19. The molecule has 2 N–H and O–H groups in total. The summed E-state index contributed by atoms with van der Waals surface area (Å²) in [5.74, 6) is 0.498. The first-order valence-corrected chi connectivity index (χ1v) is 8.07. The van der Waals surface area contributed by atoms with Gasteiger partial charge in [0.1, 0.15) is 4.83 Å². The first kappa shape index (κ1) is 18.9. The summed E-state index contributed by atoms with van der Waals surface area (Å²) in [5, 5.41) is 5.43. The molecule has 2 aromatic rings. The molecule has 2 aromatic heterocycles. The van der Waals surface area contributed by atoms with E-state index in [-0.39, 0.29) is 24.4 Å². The fourth-order valence-corrected chi connectivity index (χ4v) is 3.39. The number of amides is 1. The van der Waals surface area contributed by atoms with Crippen molar-refractivity contribution in [1.29, 1.82) is 0 Å². The number of carbonyl (C=O) groups is 1. The number of aryl methyl sites for hydroxylation is 2.